The second-order valence-corrected chi connectivity index (χ2v) is 11.0. The van der Waals surface area contributed by atoms with Gasteiger partial charge in [0.15, 0.2) is 12.2 Å². The van der Waals surface area contributed by atoms with Crippen molar-refractivity contribution in [1.82, 2.24) is 14.9 Å². The van der Waals surface area contributed by atoms with Crippen LogP contribution in [-0.4, -0.2) is 87.1 Å². The second-order valence-electron chi connectivity index (χ2n) is 8.77. The summed E-state index contributed by atoms with van der Waals surface area (Å²) < 4.78 is 11.1. The van der Waals surface area contributed by atoms with Crippen molar-refractivity contribution in [1.29, 1.82) is 0 Å². The van der Waals surface area contributed by atoms with E-state index in [4.69, 9.17) is 14.1 Å². The topological polar surface area (TPSA) is 164 Å². The number of nitrogens with two attached hydrogens (primary N) is 1. The summed E-state index contributed by atoms with van der Waals surface area (Å²) in [4.78, 5) is 43.1. The van der Waals surface area contributed by atoms with Gasteiger partial charge in [0, 0.05) is 44.1 Å². The van der Waals surface area contributed by atoms with Crippen molar-refractivity contribution in [2.45, 2.75) is 25.0 Å². The number of anilines is 1. The molecule has 0 amide bonds. The van der Waals surface area contributed by atoms with Gasteiger partial charge in [0.2, 0.25) is 11.1 Å². The average Bonchev–Trinajstić information content (AvgIpc) is 3.15. The highest BCUT2D eigenvalue weighted by Gasteiger charge is 2.51. The maximum absolute atomic E-state index is 12.5. The average molecular weight is 529 g/mol. The first-order valence-electron chi connectivity index (χ1n) is 11.9. The zero-order chi connectivity index (χ0) is 26.0. The van der Waals surface area contributed by atoms with Crippen LogP contribution in [0.5, 0.6) is 0 Å². The standard InChI is InChI=1S/C24H28N6O6S/c25-23-28-18(16-6-2-1-3-7-16)17(37(23)35-21(33)19(31)20(32)22(34)36-37)8-4-11-29-12-14-30(15-13-29)24-26-9-5-10-27-24/h1-3,5-7,9-10,19-20,31-32H,4,8,11-15H2,(H2,25,28). The number of aliphatic imine (C=N–C) groups is 1. The van der Waals surface area contributed by atoms with Crippen molar-refractivity contribution in [3.8, 4) is 0 Å². The van der Waals surface area contributed by atoms with Crippen LogP contribution >= 0.6 is 10.6 Å². The first-order valence-corrected chi connectivity index (χ1v) is 13.4. The minimum absolute atomic E-state index is 0.166. The molecule has 13 heteroatoms. The summed E-state index contributed by atoms with van der Waals surface area (Å²) in [6.07, 6.45) is 0.332. The van der Waals surface area contributed by atoms with E-state index in [1.165, 1.54) is 0 Å². The molecule has 2 aromatic rings. The Balaban J connectivity index is 1.34. The Hall–Kier alpha value is -3.52. The molecule has 0 radical (unpaired) electrons. The third-order valence-electron chi connectivity index (χ3n) is 6.40. The van der Waals surface area contributed by atoms with Gasteiger partial charge in [0.05, 0.1) is 10.6 Å². The lowest BCUT2D eigenvalue weighted by atomic mass is 10.1. The fourth-order valence-electron chi connectivity index (χ4n) is 4.44. The van der Waals surface area contributed by atoms with Crippen molar-refractivity contribution in [2.75, 3.05) is 37.6 Å². The van der Waals surface area contributed by atoms with Gasteiger partial charge in [0.25, 0.3) is 0 Å². The third-order valence-corrected chi connectivity index (χ3v) is 8.89. The SMILES string of the molecule is NC1=NC(c2ccccc2)=C(CCCN2CCN(c3ncccn3)CC2)S12OC(=O)C(O)C(O)C(=O)O2. The van der Waals surface area contributed by atoms with Gasteiger partial charge in [-0.25, -0.2) is 24.5 Å². The minimum Gasteiger partial charge on any atom is -0.379 e. The van der Waals surface area contributed by atoms with Crippen LogP contribution in [0, 0.1) is 0 Å². The molecule has 2 unspecified atom stereocenters. The molecular weight excluding hydrogens is 500 g/mol. The predicted octanol–water partition coefficient (Wildman–Crippen LogP) is 0.532. The van der Waals surface area contributed by atoms with Gasteiger partial charge in [-0.15, -0.1) is 0 Å². The van der Waals surface area contributed by atoms with E-state index in [1.54, 1.807) is 18.5 Å². The molecule has 0 aliphatic carbocycles. The summed E-state index contributed by atoms with van der Waals surface area (Å²) in [6.45, 7) is 3.96. The number of aliphatic hydroxyl groups is 2. The third kappa shape index (κ3) is 4.90. The van der Waals surface area contributed by atoms with Gasteiger partial charge < -0.3 is 29.2 Å². The predicted molar refractivity (Wildman–Crippen MR) is 137 cm³/mol. The highest BCUT2D eigenvalue weighted by molar-refractivity contribution is 8.42. The number of aliphatic hydroxyl groups excluding tert-OH is 2. The Bertz CT molecular complexity index is 1200. The molecule has 2 fully saturated rings. The summed E-state index contributed by atoms with van der Waals surface area (Å²) >= 11 is 0. The maximum atomic E-state index is 12.5. The van der Waals surface area contributed by atoms with E-state index in [9.17, 15) is 19.8 Å². The number of carbonyl (C=O) groups excluding carboxylic acids is 2. The van der Waals surface area contributed by atoms with E-state index in [0.717, 1.165) is 38.3 Å². The molecule has 4 N–H and O–H groups in total. The van der Waals surface area contributed by atoms with Crippen LogP contribution in [0.15, 0.2) is 58.7 Å². The Morgan fingerprint density at radius 1 is 0.946 bits per heavy atom. The fourth-order valence-corrected chi connectivity index (χ4v) is 6.80. The molecule has 196 valence electrons. The molecule has 0 bridgehead atoms. The Morgan fingerprint density at radius 2 is 1.57 bits per heavy atom. The van der Waals surface area contributed by atoms with Crippen LogP contribution in [-0.2, 0) is 18.0 Å². The van der Waals surface area contributed by atoms with Gasteiger partial charge >= 0.3 is 11.9 Å². The highest BCUT2D eigenvalue weighted by atomic mass is 32.3. The summed E-state index contributed by atoms with van der Waals surface area (Å²) in [6, 6.07) is 11.0. The van der Waals surface area contributed by atoms with Crippen molar-refractivity contribution in [2.24, 2.45) is 10.7 Å². The molecule has 1 aromatic carbocycles. The number of carbonyl (C=O) groups is 2. The van der Waals surface area contributed by atoms with Crippen LogP contribution in [0.2, 0.25) is 0 Å². The van der Waals surface area contributed by atoms with Crippen molar-refractivity contribution in [3.05, 3.63) is 59.3 Å². The van der Waals surface area contributed by atoms with Crippen molar-refractivity contribution < 1.29 is 28.2 Å². The number of hydrogen-bond acceptors (Lipinski definition) is 12. The number of nitrogens with zero attached hydrogens (tertiary/aromatic N) is 5. The molecule has 2 saturated heterocycles. The first-order chi connectivity index (χ1) is 17.9. The van der Waals surface area contributed by atoms with Crippen LogP contribution in [0.3, 0.4) is 0 Å². The summed E-state index contributed by atoms with van der Waals surface area (Å²) in [7, 11) is -3.28. The second kappa shape index (κ2) is 10.5. The van der Waals surface area contributed by atoms with Crippen LogP contribution in [0.1, 0.15) is 18.4 Å². The number of amidine groups is 1. The quantitative estimate of drug-likeness (QED) is 0.479. The maximum Gasteiger partial charge on any atom is 0.361 e. The molecule has 0 saturated carbocycles. The minimum atomic E-state index is -3.28. The van der Waals surface area contributed by atoms with Crippen molar-refractivity contribution in [3.63, 3.8) is 0 Å². The smallest absolute Gasteiger partial charge is 0.361 e. The summed E-state index contributed by atoms with van der Waals surface area (Å²) in [5, 5.41) is 19.9. The summed E-state index contributed by atoms with van der Waals surface area (Å²) in [5.74, 6) is -1.65. The molecule has 3 aliphatic heterocycles. The molecule has 1 spiro atoms. The van der Waals surface area contributed by atoms with Crippen LogP contribution < -0.4 is 10.6 Å². The van der Waals surface area contributed by atoms with Gasteiger partial charge in [-0.3, -0.25) is 4.90 Å². The number of hydrogen-bond donors (Lipinski definition) is 3. The van der Waals surface area contributed by atoms with E-state index < -0.39 is 34.7 Å². The summed E-state index contributed by atoms with van der Waals surface area (Å²) in [5.41, 5.74) is 7.42. The van der Waals surface area contributed by atoms with E-state index in [0.29, 0.717) is 29.4 Å². The molecule has 2 atom stereocenters. The number of piperazine rings is 1. The molecule has 1 aromatic heterocycles. The zero-order valence-corrected chi connectivity index (χ0v) is 20.8. The lowest BCUT2D eigenvalue weighted by Crippen LogP contribution is -2.47. The Morgan fingerprint density at radius 3 is 2.19 bits per heavy atom. The Labute approximate surface area is 215 Å². The van der Waals surface area contributed by atoms with E-state index >= 15 is 0 Å². The lowest BCUT2D eigenvalue weighted by Gasteiger charge is -2.38. The van der Waals surface area contributed by atoms with E-state index in [-0.39, 0.29) is 5.17 Å². The normalized spacial score (nSPS) is 28.4. The fraction of sp³-hybridized carbons (Fsp3) is 0.375. The number of aromatic nitrogens is 2. The highest BCUT2D eigenvalue weighted by Crippen LogP contribution is 2.66. The molecular formula is C24H28N6O6S. The van der Waals surface area contributed by atoms with Crippen molar-refractivity contribution >= 4 is 39.3 Å². The van der Waals surface area contributed by atoms with Gasteiger partial charge in [0.1, 0.15) is 0 Å². The van der Waals surface area contributed by atoms with Gasteiger partial charge in [-0.05, 0) is 36.0 Å². The monoisotopic (exact) mass is 528 g/mol. The van der Waals surface area contributed by atoms with Gasteiger partial charge in [-0.1, -0.05) is 30.3 Å². The van der Waals surface area contributed by atoms with E-state index in [2.05, 4.69) is 24.8 Å². The Kier molecular flexibility index (Phi) is 7.11. The number of benzene rings is 1. The lowest BCUT2D eigenvalue weighted by molar-refractivity contribution is -0.156. The van der Waals surface area contributed by atoms with Crippen LogP contribution in [0.25, 0.3) is 5.70 Å². The molecule has 5 rings (SSSR count). The molecule has 12 nitrogen and oxygen atoms in total. The molecule has 3 aliphatic rings. The number of allylic oxidation sites excluding steroid dienone is 1. The molecule has 4 heterocycles. The first kappa shape index (κ1) is 25.1. The van der Waals surface area contributed by atoms with Crippen LogP contribution in [0.4, 0.5) is 5.95 Å². The number of rotatable bonds is 6. The van der Waals surface area contributed by atoms with Gasteiger partial charge in [-0.2, -0.15) is 0 Å². The van der Waals surface area contributed by atoms with E-state index in [1.807, 2.05) is 30.3 Å². The largest absolute Gasteiger partial charge is 0.379 e. The zero-order valence-electron chi connectivity index (χ0n) is 20.0. The molecule has 37 heavy (non-hydrogen) atoms.